The maximum absolute atomic E-state index is 16.0. The minimum absolute atomic E-state index is 0.0661. The van der Waals surface area contributed by atoms with E-state index in [-0.39, 0.29) is 26.1 Å². The Balaban J connectivity index is 1.55. The monoisotopic (exact) mass is 647 g/mol. The molecule has 0 fully saturated rings. The Morgan fingerprint density at radius 3 is 1.89 bits per heavy atom. The second kappa shape index (κ2) is 10.6. The van der Waals surface area contributed by atoms with Gasteiger partial charge in [-0.05, 0) is 50.2 Å². The molecule has 0 aliphatic heterocycles. The summed E-state index contributed by atoms with van der Waals surface area (Å²) in [7, 11) is 1.48. The van der Waals surface area contributed by atoms with E-state index >= 15 is 26.3 Å². The van der Waals surface area contributed by atoms with Crippen molar-refractivity contribution in [2.24, 2.45) is 0 Å². The second-order valence-electron chi connectivity index (χ2n) is 10.2. The Labute approximate surface area is 255 Å². The van der Waals surface area contributed by atoms with Crippen molar-refractivity contribution < 1.29 is 40.6 Å². The summed E-state index contributed by atoms with van der Waals surface area (Å²) in [6, 6.07) is 18.6. The molecule has 44 heavy (non-hydrogen) atoms. The van der Waals surface area contributed by atoms with Gasteiger partial charge in [0.15, 0.2) is 0 Å². The number of thiophene rings is 2. The Morgan fingerprint density at radius 2 is 1.30 bits per heavy atom. The fraction of sp³-hybridized carbons (Fsp3) is 0.219. The van der Waals surface area contributed by atoms with Crippen LogP contribution in [0.25, 0.3) is 31.3 Å². The predicted octanol–water partition coefficient (Wildman–Crippen LogP) is 10.6. The van der Waals surface area contributed by atoms with E-state index < -0.39 is 46.7 Å². The first-order valence-electron chi connectivity index (χ1n) is 13.3. The summed E-state index contributed by atoms with van der Waals surface area (Å²) in [5.74, 6) is -15.7. The van der Waals surface area contributed by atoms with Crippen molar-refractivity contribution in [2.45, 2.75) is 37.7 Å². The summed E-state index contributed by atoms with van der Waals surface area (Å²) in [5, 5.41) is 2.74. The van der Waals surface area contributed by atoms with E-state index in [1.165, 1.54) is 45.2 Å². The maximum atomic E-state index is 16.0. The van der Waals surface area contributed by atoms with Crippen LogP contribution in [0.2, 0.25) is 0 Å². The van der Waals surface area contributed by atoms with Crippen LogP contribution in [0.3, 0.4) is 0 Å². The van der Waals surface area contributed by atoms with Crippen LogP contribution in [0.4, 0.5) is 36.8 Å². The zero-order chi connectivity index (χ0) is 31.6. The molecule has 1 amide bonds. The van der Waals surface area contributed by atoms with Gasteiger partial charge in [-0.2, -0.15) is 26.3 Å². The highest BCUT2D eigenvalue weighted by Gasteiger charge is 2.80. The molecule has 228 valence electrons. The number of hydrogen-bond donors (Lipinski definition) is 1. The predicted molar refractivity (Wildman–Crippen MR) is 162 cm³/mol. The van der Waals surface area contributed by atoms with Crippen molar-refractivity contribution in [3.05, 3.63) is 93.7 Å². The zero-order valence-electron chi connectivity index (χ0n) is 23.3. The van der Waals surface area contributed by atoms with E-state index in [4.69, 9.17) is 9.47 Å². The van der Waals surface area contributed by atoms with E-state index in [0.29, 0.717) is 20.8 Å². The molecule has 1 N–H and O–H groups in total. The van der Waals surface area contributed by atoms with Gasteiger partial charge in [-0.3, -0.25) is 5.32 Å². The first kappa shape index (κ1) is 30.0. The Morgan fingerprint density at radius 1 is 0.773 bits per heavy atom. The second-order valence-corrected chi connectivity index (χ2v) is 12.6. The highest BCUT2D eigenvalue weighted by Crippen LogP contribution is 2.67. The van der Waals surface area contributed by atoms with E-state index in [1.54, 1.807) is 48.5 Å². The lowest BCUT2D eigenvalue weighted by molar-refractivity contribution is -0.254. The van der Waals surface area contributed by atoms with Crippen molar-refractivity contribution in [1.29, 1.82) is 0 Å². The number of anilines is 1. The minimum Gasteiger partial charge on any atom is -0.497 e. The molecular weight excluding hydrogens is 624 g/mol. The van der Waals surface area contributed by atoms with Gasteiger partial charge < -0.3 is 9.47 Å². The molecule has 0 unspecified atom stereocenters. The molecule has 0 spiro atoms. The standard InChI is InChI=1S/C32H23F6NO3S2/c1-16(42-29(40)39-18-12-14-19(41-3)15-13-18)28-25(21-9-5-7-11-23(21)44-28)27-26(30(33,34)32(37,38)31(27,35)36)24-17(2)43-22-10-6-4-8-20(22)24/h4-16H,1-3H3,(H,39,40)/t16-/m0/s1. The molecule has 1 aliphatic rings. The van der Waals surface area contributed by atoms with E-state index in [2.05, 4.69) is 5.32 Å². The molecule has 0 radical (unpaired) electrons. The Kier molecular flexibility index (Phi) is 7.20. The third-order valence-electron chi connectivity index (χ3n) is 7.55. The van der Waals surface area contributed by atoms with Gasteiger partial charge in [0.25, 0.3) is 0 Å². The molecule has 12 heteroatoms. The number of carbonyl (C=O) groups excluding carboxylic acids is 1. The molecule has 1 aliphatic carbocycles. The van der Waals surface area contributed by atoms with Crippen LogP contribution >= 0.6 is 22.7 Å². The van der Waals surface area contributed by atoms with Crippen molar-refractivity contribution in [2.75, 3.05) is 12.4 Å². The summed E-state index contributed by atoms with van der Waals surface area (Å²) >= 11 is 1.96. The molecule has 4 nitrogen and oxygen atoms in total. The molecule has 3 aromatic carbocycles. The van der Waals surface area contributed by atoms with Crippen LogP contribution in [-0.2, 0) is 4.74 Å². The fourth-order valence-electron chi connectivity index (χ4n) is 5.51. The molecule has 0 saturated carbocycles. The van der Waals surface area contributed by atoms with Gasteiger partial charge in [-0.15, -0.1) is 22.7 Å². The third-order valence-corrected chi connectivity index (χ3v) is 9.97. The first-order chi connectivity index (χ1) is 20.8. The number of allylic oxidation sites excluding steroid dienone is 2. The lowest BCUT2D eigenvalue weighted by Gasteiger charge is -2.26. The van der Waals surface area contributed by atoms with E-state index in [9.17, 15) is 4.79 Å². The van der Waals surface area contributed by atoms with Gasteiger partial charge >= 0.3 is 23.9 Å². The number of benzene rings is 3. The third kappa shape index (κ3) is 4.45. The first-order valence-corrected chi connectivity index (χ1v) is 14.9. The summed E-state index contributed by atoms with van der Waals surface area (Å²) < 4.78 is 106. The number of nitrogens with one attached hydrogen (secondary N) is 1. The number of carbonyl (C=O) groups is 1. The topological polar surface area (TPSA) is 47.6 Å². The molecule has 2 aromatic heterocycles. The van der Waals surface area contributed by atoms with Gasteiger partial charge in [0.2, 0.25) is 0 Å². The summed E-state index contributed by atoms with van der Waals surface area (Å²) in [4.78, 5) is 12.9. The summed E-state index contributed by atoms with van der Waals surface area (Å²) in [6.07, 6.45) is -2.25. The van der Waals surface area contributed by atoms with Gasteiger partial charge in [0.05, 0.1) is 12.0 Å². The molecule has 2 heterocycles. The molecule has 6 rings (SSSR count). The number of halogens is 6. The summed E-state index contributed by atoms with van der Waals surface area (Å²) in [6.45, 7) is 2.81. The van der Waals surface area contributed by atoms with Crippen LogP contribution in [0.15, 0.2) is 72.8 Å². The van der Waals surface area contributed by atoms with Crippen LogP contribution in [0, 0.1) is 6.92 Å². The highest BCUT2D eigenvalue weighted by atomic mass is 32.1. The fourth-order valence-corrected chi connectivity index (χ4v) is 7.77. The smallest absolute Gasteiger partial charge is 0.412 e. The summed E-state index contributed by atoms with van der Waals surface area (Å²) in [5.41, 5.74) is -3.41. The number of fused-ring (bicyclic) bond motifs is 2. The number of ether oxygens (including phenoxy) is 2. The normalized spacial score (nSPS) is 17.7. The number of rotatable bonds is 6. The van der Waals surface area contributed by atoms with E-state index in [0.717, 1.165) is 22.7 Å². The number of aryl methyl sites for hydroxylation is 1. The Hall–Kier alpha value is -4.03. The average molecular weight is 648 g/mol. The maximum Gasteiger partial charge on any atom is 0.412 e. The van der Waals surface area contributed by atoms with Crippen molar-refractivity contribution >= 4 is 65.8 Å². The lowest BCUT2D eigenvalue weighted by atomic mass is 9.91. The van der Waals surface area contributed by atoms with Crippen LogP contribution in [0.5, 0.6) is 5.75 Å². The number of methoxy groups -OCH3 is 1. The molecule has 0 bridgehead atoms. The number of amides is 1. The SMILES string of the molecule is COc1ccc(NC(=O)O[C@@H](C)c2sc3ccccc3c2C2=C(c3c(C)sc4ccccc34)C(F)(F)C(F)(F)C2(F)F)cc1. The van der Waals surface area contributed by atoms with Gasteiger partial charge in [0.1, 0.15) is 11.9 Å². The minimum atomic E-state index is -5.74. The average Bonchev–Trinajstić information content (AvgIpc) is 3.55. The zero-order valence-corrected chi connectivity index (χ0v) is 24.9. The number of alkyl halides is 6. The molecule has 5 aromatic rings. The van der Waals surface area contributed by atoms with Crippen LogP contribution < -0.4 is 10.1 Å². The highest BCUT2D eigenvalue weighted by molar-refractivity contribution is 7.19. The van der Waals surface area contributed by atoms with E-state index in [1.807, 2.05) is 0 Å². The lowest BCUT2D eigenvalue weighted by Crippen LogP contribution is -2.49. The van der Waals surface area contributed by atoms with Crippen LogP contribution in [0.1, 0.15) is 33.9 Å². The van der Waals surface area contributed by atoms with Crippen LogP contribution in [-0.4, -0.2) is 31.0 Å². The molecule has 1 atom stereocenters. The van der Waals surface area contributed by atoms with Gasteiger partial charge in [0, 0.05) is 53.0 Å². The van der Waals surface area contributed by atoms with Gasteiger partial charge in [-0.25, -0.2) is 4.79 Å². The van der Waals surface area contributed by atoms with Crippen molar-refractivity contribution in [3.8, 4) is 5.75 Å². The van der Waals surface area contributed by atoms with Crippen molar-refractivity contribution in [1.82, 2.24) is 0 Å². The van der Waals surface area contributed by atoms with Gasteiger partial charge in [-0.1, -0.05) is 36.4 Å². The van der Waals surface area contributed by atoms with Crippen molar-refractivity contribution in [3.63, 3.8) is 0 Å². The Bertz CT molecular complexity index is 1940. The molecular formula is C32H23F6NO3S2. The number of hydrogen-bond acceptors (Lipinski definition) is 5. The largest absolute Gasteiger partial charge is 0.497 e. The molecule has 0 saturated heterocycles. The quantitative estimate of drug-likeness (QED) is 0.187.